The molecule has 1 aromatic heterocycles. The summed E-state index contributed by atoms with van der Waals surface area (Å²) in [5.74, 6) is 1.11. The van der Waals surface area contributed by atoms with Crippen LogP contribution in [0.5, 0.6) is 5.75 Å². The normalized spacial score (nSPS) is 21.3. The molecule has 10 nitrogen and oxygen atoms in total. The number of alkyl halides is 1. The number of carbonyl (C=O) groups excluding carboxylic acids is 1. The topological polar surface area (TPSA) is 135 Å². The van der Waals surface area contributed by atoms with Crippen LogP contribution in [-0.2, 0) is 9.53 Å². The Labute approximate surface area is 211 Å². The molecular formula is C24H34FN6O4P. The molecule has 2 heterocycles. The second-order valence-electron chi connectivity index (χ2n) is 8.90. The second kappa shape index (κ2) is 12.2. The first-order valence-electron chi connectivity index (χ1n) is 11.7. The Morgan fingerprint density at radius 3 is 2.69 bits per heavy atom. The Morgan fingerprint density at radius 2 is 2.08 bits per heavy atom. The van der Waals surface area contributed by atoms with Crippen molar-refractivity contribution < 1.29 is 18.4 Å². The van der Waals surface area contributed by atoms with E-state index in [4.69, 9.17) is 15.0 Å². The van der Waals surface area contributed by atoms with Crippen LogP contribution in [0.3, 0.4) is 0 Å². The molecule has 4 atom stereocenters. The van der Waals surface area contributed by atoms with Gasteiger partial charge in [0.25, 0.3) is 5.56 Å². The highest BCUT2D eigenvalue weighted by atomic mass is 31.2. The van der Waals surface area contributed by atoms with Gasteiger partial charge in [0.15, 0.2) is 14.1 Å². The summed E-state index contributed by atoms with van der Waals surface area (Å²) >= 11 is 0. The van der Waals surface area contributed by atoms with Gasteiger partial charge in [0.1, 0.15) is 24.2 Å². The van der Waals surface area contributed by atoms with E-state index in [0.29, 0.717) is 24.6 Å². The zero-order chi connectivity index (χ0) is 26.4. The van der Waals surface area contributed by atoms with E-state index in [-0.39, 0.29) is 36.0 Å². The Hall–Kier alpha value is -3.17. The predicted octanol–water partition coefficient (Wildman–Crippen LogP) is 3.39. The summed E-state index contributed by atoms with van der Waals surface area (Å²) in [5.41, 5.74) is 6.39. The van der Waals surface area contributed by atoms with E-state index in [2.05, 4.69) is 27.0 Å². The van der Waals surface area contributed by atoms with Gasteiger partial charge >= 0.3 is 5.97 Å². The maximum absolute atomic E-state index is 14.2. The number of fused-ring (bicyclic) bond motifs is 1. The molecule has 196 valence electrons. The van der Waals surface area contributed by atoms with Gasteiger partial charge in [0, 0.05) is 6.66 Å². The lowest BCUT2D eigenvalue weighted by atomic mass is 10.1. The van der Waals surface area contributed by atoms with Gasteiger partial charge in [-0.1, -0.05) is 31.7 Å². The Morgan fingerprint density at radius 1 is 1.39 bits per heavy atom. The Bertz CT molecular complexity index is 1120. The van der Waals surface area contributed by atoms with Crippen molar-refractivity contribution in [2.24, 2.45) is 5.92 Å². The van der Waals surface area contributed by atoms with Gasteiger partial charge in [-0.25, -0.2) is 4.39 Å². The molecule has 1 fully saturated rings. The number of nitrogens with one attached hydrogen (secondary N) is 3. The molecule has 0 amide bonds. The van der Waals surface area contributed by atoms with Gasteiger partial charge in [-0.05, 0) is 43.9 Å². The van der Waals surface area contributed by atoms with E-state index < -0.39 is 20.5 Å². The van der Waals surface area contributed by atoms with Gasteiger partial charge in [0.2, 0.25) is 5.95 Å². The molecule has 0 saturated heterocycles. The van der Waals surface area contributed by atoms with Crippen LogP contribution in [0.2, 0.25) is 0 Å². The summed E-state index contributed by atoms with van der Waals surface area (Å²) in [6.07, 6.45) is -0.631. The average Bonchev–Trinajstić information content (AvgIpc) is 3.32. The number of carbonyl (C=O) groups is 1. The molecular weight excluding hydrogens is 486 g/mol. The molecule has 2 aliphatic rings. The van der Waals surface area contributed by atoms with Crippen molar-refractivity contribution in [3.05, 3.63) is 52.8 Å². The molecule has 2 aromatic rings. The number of para-hydroxylation sites is 1. The number of nitrogen functional groups attached to an aromatic ring is 1. The Balaban J connectivity index is 0.000000202. The van der Waals surface area contributed by atoms with E-state index in [1.165, 1.54) is 0 Å². The first-order valence-corrected chi connectivity index (χ1v) is 13.4. The smallest absolute Gasteiger partial charge is 0.320 e. The molecule has 1 aromatic carbocycles. The van der Waals surface area contributed by atoms with Crippen LogP contribution in [0.1, 0.15) is 27.2 Å². The summed E-state index contributed by atoms with van der Waals surface area (Å²) in [5, 5.41) is 5.94. The number of halogens is 1. The number of hydrogen-bond acceptors (Lipinski definition) is 9. The summed E-state index contributed by atoms with van der Waals surface area (Å²) in [4.78, 5) is 31.3. The van der Waals surface area contributed by atoms with Gasteiger partial charge in [-0.3, -0.25) is 19.7 Å². The molecule has 36 heavy (non-hydrogen) atoms. The molecule has 1 aliphatic heterocycles. The minimum Gasteiger partial charge on any atom is -0.462 e. The molecule has 12 heteroatoms. The fourth-order valence-electron chi connectivity index (χ4n) is 4.00. The highest BCUT2D eigenvalue weighted by Crippen LogP contribution is 2.40. The molecule has 1 aliphatic carbocycles. The largest absolute Gasteiger partial charge is 0.462 e. The van der Waals surface area contributed by atoms with Gasteiger partial charge < -0.3 is 25.2 Å². The zero-order valence-corrected chi connectivity index (χ0v) is 21.8. The van der Waals surface area contributed by atoms with Crippen molar-refractivity contribution in [2.45, 2.75) is 45.5 Å². The molecule has 4 unspecified atom stereocenters. The Kier molecular flexibility index (Phi) is 9.28. The minimum absolute atomic E-state index is 0.0320. The summed E-state index contributed by atoms with van der Waals surface area (Å²) in [6.45, 7) is 12.0. The highest BCUT2D eigenvalue weighted by molar-refractivity contribution is 7.49. The van der Waals surface area contributed by atoms with E-state index in [1.54, 1.807) is 4.90 Å². The number of aromatic amines is 1. The third-order valence-corrected chi connectivity index (χ3v) is 6.77. The predicted molar refractivity (Wildman–Crippen MR) is 141 cm³/mol. The number of aromatic nitrogens is 2. The maximum atomic E-state index is 14.2. The highest BCUT2D eigenvalue weighted by Gasteiger charge is 2.42. The minimum atomic E-state index is -1.00. The van der Waals surface area contributed by atoms with Crippen LogP contribution in [0.4, 0.5) is 21.8 Å². The molecule has 4 rings (SSSR count). The summed E-state index contributed by atoms with van der Waals surface area (Å²) in [6, 6.07) is 9.06. The fourth-order valence-corrected chi connectivity index (χ4v) is 4.86. The fraction of sp³-hybridized carbons (Fsp3) is 0.458. The van der Waals surface area contributed by atoms with Crippen molar-refractivity contribution in [3.8, 4) is 5.75 Å². The first-order chi connectivity index (χ1) is 17.1. The van der Waals surface area contributed by atoms with Crippen LogP contribution >= 0.6 is 8.30 Å². The van der Waals surface area contributed by atoms with Crippen LogP contribution in [0.25, 0.3) is 0 Å². The van der Waals surface area contributed by atoms with E-state index in [1.807, 2.05) is 57.8 Å². The number of H-pyrrole nitrogens is 1. The van der Waals surface area contributed by atoms with Crippen LogP contribution < -0.4 is 31.1 Å². The van der Waals surface area contributed by atoms with Crippen LogP contribution in [0, 0.1) is 5.92 Å². The number of esters is 1. The van der Waals surface area contributed by atoms with Crippen molar-refractivity contribution >= 4 is 31.7 Å². The average molecular weight is 521 g/mol. The summed E-state index contributed by atoms with van der Waals surface area (Å²) < 4.78 is 24.8. The summed E-state index contributed by atoms with van der Waals surface area (Å²) in [7, 11) is -0.865. The monoisotopic (exact) mass is 520 g/mol. The van der Waals surface area contributed by atoms with Crippen molar-refractivity contribution in [2.75, 3.05) is 35.8 Å². The van der Waals surface area contributed by atoms with E-state index in [9.17, 15) is 14.0 Å². The van der Waals surface area contributed by atoms with Crippen LogP contribution in [-0.4, -0.2) is 54.1 Å². The quantitative estimate of drug-likeness (QED) is 0.246. The van der Waals surface area contributed by atoms with E-state index >= 15 is 0 Å². The number of rotatable bonds is 7. The maximum Gasteiger partial charge on any atom is 0.320 e. The van der Waals surface area contributed by atoms with Crippen molar-refractivity contribution in [1.82, 2.24) is 15.1 Å². The SMILES string of the molecule is C=C1C(C)CC(F)C1N1CNc2c1nc(N)[nH]c2=O.CC(C)OC(=O)CNP(C)Oc1ccccc1. The third kappa shape index (κ3) is 6.95. The number of anilines is 3. The molecule has 0 bridgehead atoms. The number of nitrogens with two attached hydrogens (primary N) is 1. The first kappa shape index (κ1) is 27.4. The molecule has 1 saturated carbocycles. The standard InChI is InChI=1S/C12H16FN5O.C12H18NO3P/c1-5-3-7(13)9(6(5)2)18-4-15-8-10(18)16-12(14)17-11(8)19;1-10(2)15-12(14)9-13-17(3)16-11-7-5-4-6-8-11/h5,7,9,15H,2-4H2,1H3,(H3,14,16,17,19);4-8,10,13H,9H2,1-3H3. The molecule has 5 N–H and O–H groups in total. The zero-order valence-electron chi connectivity index (χ0n) is 21.0. The van der Waals surface area contributed by atoms with Gasteiger partial charge in [-0.15, -0.1) is 0 Å². The lowest BCUT2D eigenvalue weighted by Gasteiger charge is -2.27. The van der Waals surface area contributed by atoms with Gasteiger partial charge in [0.05, 0.1) is 18.8 Å². The lowest BCUT2D eigenvalue weighted by molar-refractivity contribution is -0.145. The van der Waals surface area contributed by atoms with E-state index in [0.717, 1.165) is 11.3 Å². The molecule has 0 radical (unpaired) electrons. The number of ether oxygens (including phenoxy) is 1. The second-order valence-corrected chi connectivity index (χ2v) is 10.4. The lowest BCUT2D eigenvalue weighted by Crippen LogP contribution is -2.40. The van der Waals surface area contributed by atoms with Gasteiger partial charge in [-0.2, -0.15) is 4.98 Å². The molecule has 0 spiro atoms. The number of nitrogens with zero attached hydrogens (tertiary/aromatic N) is 2. The third-order valence-electron chi connectivity index (χ3n) is 5.69. The van der Waals surface area contributed by atoms with Crippen LogP contribution in [0.15, 0.2) is 47.3 Å². The number of hydrogen-bond donors (Lipinski definition) is 4. The van der Waals surface area contributed by atoms with Crippen molar-refractivity contribution in [3.63, 3.8) is 0 Å². The number of benzene rings is 1. The van der Waals surface area contributed by atoms with Crippen molar-refractivity contribution in [1.29, 1.82) is 0 Å².